The van der Waals surface area contributed by atoms with Gasteiger partial charge in [0, 0.05) is 12.1 Å². The maximum Gasteiger partial charge on any atom is 0.244 e. The molecule has 1 N–H and O–H groups in total. The highest BCUT2D eigenvalue weighted by Gasteiger charge is 2.40. The lowest BCUT2D eigenvalue weighted by Crippen LogP contribution is -2.38. The third-order valence-electron chi connectivity index (χ3n) is 5.70. The molecule has 0 aliphatic carbocycles. The molecule has 0 bridgehead atoms. The molecule has 1 unspecified atom stereocenters. The Morgan fingerprint density at radius 3 is 2.56 bits per heavy atom. The number of benzene rings is 3. The number of para-hydroxylation sites is 1. The highest BCUT2D eigenvalue weighted by atomic mass is 32.2. The van der Waals surface area contributed by atoms with E-state index in [1.807, 2.05) is 0 Å². The minimum atomic E-state index is -3.99. The molecule has 34 heavy (non-hydrogen) atoms. The fourth-order valence-corrected chi connectivity index (χ4v) is 5.96. The number of hydrogen-bond donors (Lipinski definition) is 1. The second-order valence-corrected chi connectivity index (χ2v) is 9.95. The van der Waals surface area contributed by atoms with Gasteiger partial charge in [0.05, 0.1) is 15.8 Å². The Balaban J connectivity index is 1.49. The average molecular weight is 482 g/mol. The van der Waals surface area contributed by atoms with Crippen molar-refractivity contribution in [2.75, 3.05) is 23.6 Å². The van der Waals surface area contributed by atoms with E-state index in [9.17, 15) is 22.4 Å². The van der Waals surface area contributed by atoms with Crippen molar-refractivity contribution in [1.82, 2.24) is 0 Å². The molecule has 0 saturated heterocycles. The van der Waals surface area contributed by atoms with Crippen molar-refractivity contribution in [1.29, 1.82) is 0 Å². The maximum atomic E-state index is 13.6. The zero-order valence-electron chi connectivity index (χ0n) is 17.7. The number of anilines is 2. The molecule has 3 aromatic rings. The first-order chi connectivity index (χ1) is 16.3. The summed E-state index contributed by atoms with van der Waals surface area (Å²) in [6.07, 6.45) is -0.361. The third-order valence-corrected chi connectivity index (χ3v) is 7.84. The molecule has 1 atom stereocenters. The van der Waals surface area contributed by atoms with E-state index >= 15 is 0 Å². The van der Waals surface area contributed by atoms with Crippen molar-refractivity contribution >= 4 is 33.0 Å². The SMILES string of the molecule is O=C(CN1C(=O)CC(c2ccc3c(c2)OCO3)S(=O)(=O)c2ccccc21)Nc1ccc(F)cc1. The molecule has 2 aliphatic rings. The Bertz CT molecular complexity index is 1390. The van der Waals surface area contributed by atoms with Gasteiger partial charge in [-0.3, -0.25) is 9.59 Å². The fourth-order valence-electron chi connectivity index (χ4n) is 4.05. The number of nitrogens with one attached hydrogen (secondary N) is 1. The van der Waals surface area contributed by atoms with Gasteiger partial charge in [-0.15, -0.1) is 0 Å². The first kappa shape index (κ1) is 21.9. The van der Waals surface area contributed by atoms with E-state index in [4.69, 9.17) is 9.47 Å². The topological polar surface area (TPSA) is 102 Å². The van der Waals surface area contributed by atoms with E-state index in [0.717, 1.165) is 0 Å². The lowest BCUT2D eigenvalue weighted by molar-refractivity contribution is -0.121. The normalized spacial score (nSPS) is 18.2. The Labute approximate surface area is 194 Å². The molecule has 0 radical (unpaired) electrons. The van der Waals surface area contributed by atoms with E-state index in [0.29, 0.717) is 22.7 Å². The Hall–Kier alpha value is -3.92. The van der Waals surface area contributed by atoms with Gasteiger partial charge in [0.1, 0.15) is 12.4 Å². The summed E-state index contributed by atoms with van der Waals surface area (Å²) in [6.45, 7) is -0.370. The van der Waals surface area contributed by atoms with Crippen molar-refractivity contribution in [3.05, 3.63) is 78.1 Å². The Morgan fingerprint density at radius 2 is 1.76 bits per heavy atom. The van der Waals surface area contributed by atoms with Crippen LogP contribution in [-0.4, -0.2) is 33.6 Å². The summed E-state index contributed by atoms with van der Waals surface area (Å²) in [4.78, 5) is 27.1. The van der Waals surface area contributed by atoms with Crippen LogP contribution in [0.2, 0.25) is 0 Å². The van der Waals surface area contributed by atoms with Gasteiger partial charge in [-0.05, 0) is 54.1 Å². The highest BCUT2D eigenvalue weighted by Crippen LogP contribution is 2.43. The highest BCUT2D eigenvalue weighted by molar-refractivity contribution is 7.92. The van der Waals surface area contributed by atoms with Crippen LogP contribution in [0.4, 0.5) is 15.8 Å². The molecular formula is C24H19FN2O6S. The fraction of sp³-hybridized carbons (Fsp3) is 0.167. The van der Waals surface area contributed by atoms with Crippen LogP contribution in [0.15, 0.2) is 71.6 Å². The molecule has 0 saturated carbocycles. The molecule has 2 amide bonds. The summed E-state index contributed by atoms with van der Waals surface area (Å²) in [6, 6.07) is 16.1. The van der Waals surface area contributed by atoms with Gasteiger partial charge in [-0.1, -0.05) is 18.2 Å². The van der Waals surface area contributed by atoms with Crippen LogP contribution < -0.4 is 19.7 Å². The quantitative estimate of drug-likeness (QED) is 0.611. The van der Waals surface area contributed by atoms with Gasteiger partial charge in [0.25, 0.3) is 0 Å². The minimum Gasteiger partial charge on any atom is -0.454 e. The van der Waals surface area contributed by atoms with Crippen LogP contribution >= 0.6 is 0 Å². The van der Waals surface area contributed by atoms with Crippen molar-refractivity contribution in [3.8, 4) is 11.5 Å². The lowest BCUT2D eigenvalue weighted by atomic mass is 10.1. The molecule has 5 rings (SSSR count). The number of carbonyl (C=O) groups excluding carboxylic acids is 2. The molecule has 0 aromatic heterocycles. The summed E-state index contributed by atoms with van der Waals surface area (Å²) < 4.78 is 51.1. The van der Waals surface area contributed by atoms with E-state index in [1.165, 1.54) is 41.3 Å². The molecule has 2 aliphatic heterocycles. The number of fused-ring (bicyclic) bond motifs is 2. The molecular weight excluding hydrogens is 463 g/mol. The van der Waals surface area contributed by atoms with Gasteiger partial charge in [-0.2, -0.15) is 0 Å². The maximum absolute atomic E-state index is 13.6. The molecule has 0 spiro atoms. The van der Waals surface area contributed by atoms with Gasteiger partial charge < -0.3 is 19.7 Å². The second-order valence-electron chi connectivity index (χ2n) is 7.85. The molecule has 0 fully saturated rings. The lowest BCUT2D eigenvalue weighted by Gasteiger charge is -2.21. The minimum absolute atomic E-state index is 0.0366. The van der Waals surface area contributed by atoms with Crippen LogP contribution in [0.1, 0.15) is 17.2 Å². The first-order valence-corrected chi connectivity index (χ1v) is 12.0. The zero-order valence-corrected chi connectivity index (χ0v) is 18.5. The number of nitrogens with zero attached hydrogens (tertiary/aromatic N) is 1. The standard InChI is InChI=1S/C24H19FN2O6S/c25-16-6-8-17(9-7-16)26-23(28)13-27-18-3-1-2-4-21(18)34(30,31)22(12-24(27)29)15-5-10-19-20(11-15)33-14-32-19/h1-11,22H,12-14H2,(H,26,28). The van der Waals surface area contributed by atoms with E-state index in [2.05, 4.69) is 5.32 Å². The molecule has 2 heterocycles. The van der Waals surface area contributed by atoms with Gasteiger partial charge >= 0.3 is 0 Å². The van der Waals surface area contributed by atoms with Crippen LogP contribution in [0.5, 0.6) is 11.5 Å². The van der Waals surface area contributed by atoms with Crippen molar-refractivity contribution in [2.45, 2.75) is 16.6 Å². The van der Waals surface area contributed by atoms with E-state index < -0.39 is 39.3 Å². The van der Waals surface area contributed by atoms with E-state index in [1.54, 1.807) is 30.3 Å². The number of sulfone groups is 1. The summed E-state index contributed by atoms with van der Waals surface area (Å²) in [5, 5.41) is 1.43. The van der Waals surface area contributed by atoms with Gasteiger partial charge in [-0.25, -0.2) is 12.8 Å². The van der Waals surface area contributed by atoms with Crippen LogP contribution in [0.3, 0.4) is 0 Å². The number of carbonyl (C=O) groups is 2. The predicted octanol–water partition coefficient (Wildman–Crippen LogP) is 3.44. The number of amides is 2. The summed E-state index contributed by atoms with van der Waals surface area (Å²) in [5.41, 5.74) is 0.878. The molecule has 8 nitrogen and oxygen atoms in total. The van der Waals surface area contributed by atoms with Crippen molar-refractivity contribution in [3.63, 3.8) is 0 Å². The van der Waals surface area contributed by atoms with Crippen LogP contribution in [0, 0.1) is 5.82 Å². The molecule has 3 aromatic carbocycles. The Morgan fingerprint density at radius 1 is 1.03 bits per heavy atom. The second kappa shape index (κ2) is 8.45. The smallest absolute Gasteiger partial charge is 0.244 e. The average Bonchev–Trinajstić information content (AvgIpc) is 3.27. The summed E-state index contributed by atoms with van der Waals surface area (Å²) in [5.74, 6) is -0.609. The van der Waals surface area contributed by atoms with E-state index in [-0.39, 0.29) is 23.8 Å². The first-order valence-electron chi connectivity index (χ1n) is 10.4. The summed E-state index contributed by atoms with van der Waals surface area (Å²) in [7, 11) is -3.99. The largest absolute Gasteiger partial charge is 0.454 e. The number of rotatable bonds is 4. The number of hydrogen-bond acceptors (Lipinski definition) is 6. The monoisotopic (exact) mass is 482 g/mol. The summed E-state index contributed by atoms with van der Waals surface area (Å²) >= 11 is 0. The van der Waals surface area contributed by atoms with Crippen LogP contribution in [0.25, 0.3) is 0 Å². The van der Waals surface area contributed by atoms with Gasteiger partial charge in [0.15, 0.2) is 21.3 Å². The molecule has 174 valence electrons. The van der Waals surface area contributed by atoms with Crippen LogP contribution in [-0.2, 0) is 19.4 Å². The molecule has 10 heteroatoms. The zero-order chi connectivity index (χ0) is 23.9. The number of halogens is 1. The predicted molar refractivity (Wildman–Crippen MR) is 121 cm³/mol. The number of ether oxygens (including phenoxy) is 2. The van der Waals surface area contributed by atoms with Crippen molar-refractivity contribution < 1.29 is 31.9 Å². The third kappa shape index (κ3) is 3.96. The van der Waals surface area contributed by atoms with Gasteiger partial charge in [0.2, 0.25) is 18.6 Å². The Kier molecular flexibility index (Phi) is 5.45. The van der Waals surface area contributed by atoms with Crippen molar-refractivity contribution in [2.24, 2.45) is 0 Å².